The first-order valence-electron chi connectivity index (χ1n) is 9.30. The van der Waals surface area contributed by atoms with Gasteiger partial charge in [-0.05, 0) is 66.9 Å². The molecule has 6 rings (SSSR count). The number of amides is 1. The SMILES string of the molecule is N[C@H](C(=O)N1Cc2ccccc2C1)C12CC3CC(CC(O)(C3)C1)C2. The van der Waals surface area contributed by atoms with E-state index >= 15 is 0 Å². The highest BCUT2D eigenvalue weighted by atomic mass is 16.3. The highest BCUT2D eigenvalue weighted by Crippen LogP contribution is 2.62. The van der Waals surface area contributed by atoms with Crippen LogP contribution in [0.4, 0.5) is 0 Å². The number of fused-ring (bicyclic) bond motifs is 1. The first-order valence-corrected chi connectivity index (χ1v) is 9.30. The molecular weight excluding hydrogens is 300 g/mol. The molecule has 1 amide bonds. The van der Waals surface area contributed by atoms with Crippen LogP contribution in [0.2, 0.25) is 0 Å². The number of benzene rings is 1. The zero-order chi connectivity index (χ0) is 16.5. The Balaban J connectivity index is 1.39. The summed E-state index contributed by atoms with van der Waals surface area (Å²) in [6, 6.07) is 7.79. The van der Waals surface area contributed by atoms with Crippen LogP contribution in [0.15, 0.2) is 24.3 Å². The molecule has 5 aliphatic rings. The third-order valence-corrected chi connectivity index (χ3v) is 7.15. The summed E-state index contributed by atoms with van der Waals surface area (Å²) < 4.78 is 0. The van der Waals surface area contributed by atoms with Crippen molar-refractivity contribution < 1.29 is 9.90 Å². The van der Waals surface area contributed by atoms with Crippen molar-refractivity contribution in [3.05, 3.63) is 35.4 Å². The highest BCUT2D eigenvalue weighted by Gasteiger charge is 2.60. The molecule has 4 fully saturated rings. The van der Waals surface area contributed by atoms with Gasteiger partial charge in [-0.3, -0.25) is 4.79 Å². The molecule has 1 aliphatic heterocycles. The standard InChI is InChI=1S/C20H26N2O2/c21-17(18(23)22-10-15-3-1-2-4-16(15)11-22)19-6-13-5-14(7-19)9-20(24,8-13)12-19/h1-4,13-14,17,24H,5-12,21H2/t13?,14?,17-,19?,20?/m1/s1. The van der Waals surface area contributed by atoms with E-state index in [1.165, 1.54) is 17.5 Å². The second-order valence-corrected chi connectivity index (χ2v) is 8.99. The smallest absolute Gasteiger partial charge is 0.240 e. The first kappa shape index (κ1) is 14.9. The van der Waals surface area contributed by atoms with E-state index in [0.29, 0.717) is 24.9 Å². The lowest BCUT2D eigenvalue weighted by atomic mass is 9.46. The Morgan fingerprint density at radius 3 is 2.25 bits per heavy atom. The van der Waals surface area contributed by atoms with Crippen LogP contribution in [0, 0.1) is 17.3 Å². The summed E-state index contributed by atoms with van der Waals surface area (Å²) in [5.41, 5.74) is 8.33. The Hall–Kier alpha value is -1.39. The fourth-order valence-corrected chi connectivity index (χ4v) is 6.60. The molecule has 1 heterocycles. The van der Waals surface area contributed by atoms with Gasteiger partial charge in [0, 0.05) is 13.1 Å². The van der Waals surface area contributed by atoms with Crippen LogP contribution in [0.5, 0.6) is 0 Å². The summed E-state index contributed by atoms with van der Waals surface area (Å²) >= 11 is 0. The molecule has 4 saturated carbocycles. The monoisotopic (exact) mass is 326 g/mol. The predicted molar refractivity (Wildman–Crippen MR) is 90.7 cm³/mol. The third kappa shape index (κ3) is 2.09. The molecule has 4 nitrogen and oxygen atoms in total. The van der Waals surface area contributed by atoms with Gasteiger partial charge in [0.1, 0.15) is 0 Å². The molecule has 0 radical (unpaired) electrons. The maximum absolute atomic E-state index is 13.2. The van der Waals surface area contributed by atoms with Crippen LogP contribution in [-0.4, -0.2) is 27.6 Å². The van der Waals surface area contributed by atoms with E-state index in [4.69, 9.17) is 5.73 Å². The minimum Gasteiger partial charge on any atom is -0.390 e. The van der Waals surface area contributed by atoms with Gasteiger partial charge in [-0.1, -0.05) is 24.3 Å². The lowest BCUT2D eigenvalue weighted by molar-refractivity contribution is -0.177. The first-order chi connectivity index (χ1) is 11.5. The summed E-state index contributed by atoms with van der Waals surface area (Å²) in [5.74, 6) is 1.20. The third-order valence-electron chi connectivity index (χ3n) is 7.15. The number of hydrogen-bond donors (Lipinski definition) is 2. The zero-order valence-corrected chi connectivity index (χ0v) is 14.1. The van der Waals surface area contributed by atoms with E-state index < -0.39 is 11.6 Å². The molecule has 3 N–H and O–H groups in total. The molecule has 1 aromatic rings. The van der Waals surface area contributed by atoms with Crippen LogP contribution in [-0.2, 0) is 17.9 Å². The van der Waals surface area contributed by atoms with Crippen molar-refractivity contribution in [3.63, 3.8) is 0 Å². The molecule has 4 aliphatic carbocycles. The van der Waals surface area contributed by atoms with Crippen molar-refractivity contribution in [1.82, 2.24) is 4.90 Å². The molecule has 128 valence electrons. The van der Waals surface area contributed by atoms with E-state index in [-0.39, 0.29) is 11.3 Å². The molecule has 0 saturated heterocycles. The van der Waals surface area contributed by atoms with Gasteiger partial charge in [0.25, 0.3) is 0 Å². The van der Waals surface area contributed by atoms with Crippen molar-refractivity contribution in [2.24, 2.45) is 23.0 Å². The Morgan fingerprint density at radius 1 is 1.12 bits per heavy atom. The maximum atomic E-state index is 13.2. The van der Waals surface area contributed by atoms with E-state index in [9.17, 15) is 9.90 Å². The minimum atomic E-state index is -0.560. The predicted octanol–water partition coefficient (Wildman–Crippen LogP) is 2.19. The summed E-state index contributed by atoms with van der Waals surface area (Å²) in [6.45, 7) is 1.35. The van der Waals surface area contributed by atoms with E-state index in [1.54, 1.807) is 0 Å². The Bertz CT molecular complexity index is 662. The number of aliphatic hydroxyl groups is 1. The number of rotatable bonds is 2. The summed E-state index contributed by atoms with van der Waals surface area (Å²) in [7, 11) is 0. The number of nitrogens with zero attached hydrogens (tertiary/aromatic N) is 1. The van der Waals surface area contributed by atoms with Gasteiger partial charge in [-0.15, -0.1) is 0 Å². The van der Waals surface area contributed by atoms with Gasteiger partial charge in [0.15, 0.2) is 0 Å². The van der Waals surface area contributed by atoms with E-state index in [0.717, 1.165) is 32.1 Å². The van der Waals surface area contributed by atoms with Crippen molar-refractivity contribution in [1.29, 1.82) is 0 Å². The molecule has 4 heteroatoms. The quantitative estimate of drug-likeness (QED) is 0.875. The molecule has 3 atom stereocenters. The van der Waals surface area contributed by atoms with Crippen LogP contribution < -0.4 is 5.73 Å². The van der Waals surface area contributed by atoms with Crippen LogP contribution in [0.25, 0.3) is 0 Å². The van der Waals surface area contributed by atoms with E-state index in [1.807, 2.05) is 17.0 Å². The average Bonchev–Trinajstić information content (AvgIpc) is 2.95. The fraction of sp³-hybridized carbons (Fsp3) is 0.650. The normalized spacial score (nSPS) is 40.7. The molecule has 2 unspecified atom stereocenters. The molecule has 24 heavy (non-hydrogen) atoms. The lowest BCUT2D eigenvalue weighted by Gasteiger charge is -2.61. The van der Waals surface area contributed by atoms with Gasteiger partial charge in [-0.25, -0.2) is 0 Å². The van der Waals surface area contributed by atoms with Crippen molar-refractivity contribution in [2.75, 3.05) is 0 Å². The largest absolute Gasteiger partial charge is 0.390 e. The molecular formula is C20H26N2O2. The number of nitrogens with two attached hydrogens (primary N) is 1. The van der Waals surface area contributed by atoms with Crippen molar-refractivity contribution in [3.8, 4) is 0 Å². The lowest BCUT2D eigenvalue weighted by Crippen LogP contribution is -2.64. The Morgan fingerprint density at radius 2 is 1.71 bits per heavy atom. The Kier molecular flexibility index (Phi) is 3.00. The van der Waals surface area contributed by atoms with Crippen LogP contribution >= 0.6 is 0 Å². The van der Waals surface area contributed by atoms with E-state index in [2.05, 4.69) is 12.1 Å². The summed E-state index contributed by atoms with van der Waals surface area (Å²) in [6.07, 6.45) is 5.84. The average molecular weight is 326 g/mol. The van der Waals surface area contributed by atoms with Crippen LogP contribution in [0.3, 0.4) is 0 Å². The summed E-state index contributed by atoms with van der Waals surface area (Å²) in [5, 5.41) is 10.9. The molecule has 1 aromatic carbocycles. The fourth-order valence-electron chi connectivity index (χ4n) is 6.60. The van der Waals surface area contributed by atoms with Gasteiger partial charge in [0.2, 0.25) is 5.91 Å². The molecule has 0 spiro atoms. The molecule has 4 bridgehead atoms. The van der Waals surface area contributed by atoms with Crippen molar-refractivity contribution in [2.45, 2.75) is 63.3 Å². The van der Waals surface area contributed by atoms with Gasteiger partial charge in [-0.2, -0.15) is 0 Å². The van der Waals surface area contributed by atoms with Crippen molar-refractivity contribution >= 4 is 5.91 Å². The zero-order valence-electron chi connectivity index (χ0n) is 14.1. The number of carbonyl (C=O) groups is 1. The van der Waals surface area contributed by atoms with Gasteiger partial charge < -0.3 is 15.7 Å². The van der Waals surface area contributed by atoms with Gasteiger partial charge >= 0.3 is 0 Å². The summed E-state index contributed by atoms with van der Waals surface area (Å²) in [4.78, 5) is 15.1. The second-order valence-electron chi connectivity index (χ2n) is 8.99. The van der Waals surface area contributed by atoms with Crippen LogP contribution in [0.1, 0.15) is 49.7 Å². The highest BCUT2D eigenvalue weighted by molar-refractivity contribution is 5.83. The Labute approximate surface area is 143 Å². The minimum absolute atomic E-state index is 0.0803. The van der Waals surface area contributed by atoms with Gasteiger partial charge in [0.05, 0.1) is 11.6 Å². The number of carbonyl (C=O) groups excluding carboxylic acids is 1. The maximum Gasteiger partial charge on any atom is 0.240 e. The second kappa shape index (κ2) is 4.83. The molecule has 0 aromatic heterocycles. The topological polar surface area (TPSA) is 66.6 Å². The number of hydrogen-bond acceptors (Lipinski definition) is 3.